The minimum atomic E-state index is -1.07. The third kappa shape index (κ3) is 2.98. The lowest BCUT2D eigenvalue weighted by Gasteiger charge is -2.04. The lowest BCUT2D eigenvalue weighted by molar-refractivity contribution is -0.115. The van der Waals surface area contributed by atoms with E-state index in [2.05, 4.69) is 15.3 Å². The highest BCUT2D eigenvalue weighted by Gasteiger charge is 2.17. The van der Waals surface area contributed by atoms with Gasteiger partial charge in [0.2, 0.25) is 5.91 Å². The second-order valence-electron chi connectivity index (χ2n) is 4.09. The number of aromatic carboxylic acids is 1. The van der Waals surface area contributed by atoms with Crippen LogP contribution < -0.4 is 5.32 Å². The van der Waals surface area contributed by atoms with Gasteiger partial charge in [-0.15, -0.1) is 0 Å². The molecule has 0 atom stereocenters. The first kappa shape index (κ1) is 12.8. The van der Waals surface area contributed by atoms with E-state index in [-0.39, 0.29) is 23.6 Å². The molecule has 0 bridgehead atoms. The van der Waals surface area contributed by atoms with E-state index in [4.69, 9.17) is 5.11 Å². The molecule has 2 heterocycles. The van der Waals surface area contributed by atoms with Crippen LogP contribution >= 0.6 is 0 Å². The highest BCUT2D eigenvalue weighted by molar-refractivity contribution is 6.01. The molecule has 0 aromatic carbocycles. The van der Waals surface area contributed by atoms with E-state index < -0.39 is 5.97 Å². The fourth-order valence-electron chi connectivity index (χ4n) is 1.78. The van der Waals surface area contributed by atoms with Crippen molar-refractivity contribution >= 4 is 17.6 Å². The van der Waals surface area contributed by atoms with Gasteiger partial charge in [-0.2, -0.15) is 0 Å². The number of carboxylic acids is 1. The molecular weight excluding hydrogens is 246 g/mol. The van der Waals surface area contributed by atoms with Gasteiger partial charge in [0.25, 0.3) is 0 Å². The molecule has 6 heteroatoms. The largest absolute Gasteiger partial charge is 0.478 e. The second kappa shape index (κ2) is 5.34. The molecule has 2 aromatic heterocycles. The van der Waals surface area contributed by atoms with Gasteiger partial charge >= 0.3 is 5.97 Å². The topological polar surface area (TPSA) is 95.1 Å². The lowest BCUT2D eigenvalue weighted by atomic mass is 10.2. The van der Waals surface area contributed by atoms with Gasteiger partial charge in [-0.05, 0) is 24.6 Å². The van der Waals surface area contributed by atoms with Crippen molar-refractivity contribution < 1.29 is 14.7 Å². The molecule has 2 rings (SSSR count). The minimum Gasteiger partial charge on any atom is -0.478 e. The van der Waals surface area contributed by atoms with Crippen LogP contribution in [0.2, 0.25) is 0 Å². The first-order chi connectivity index (χ1) is 9.08. The fourth-order valence-corrected chi connectivity index (χ4v) is 1.78. The van der Waals surface area contributed by atoms with Crippen LogP contribution in [0, 0.1) is 6.92 Å². The molecule has 0 saturated carbocycles. The van der Waals surface area contributed by atoms with Gasteiger partial charge in [0, 0.05) is 24.3 Å². The normalized spacial score (nSPS) is 10.2. The van der Waals surface area contributed by atoms with Crippen LogP contribution in [0.15, 0.2) is 30.7 Å². The fraction of sp³-hybridized carbons (Fsp3) is 0.154. The number of aryl methyl sites for hydroxylation is 1. The molecule has 0 aliphatic heterocycles. The predicted octanol–water partition coefficient (Wildman–Crippen LogP) is 1.60. The molecule has 2 aromatic rings. The van der Waals surface area contributed by atoms with E-state index >= 15 is 0 Å². The molecule has 0 fully saturated rings. The number of H-pyrrole nitrogens is 1. The summed E-state index contributed by atoms with van der Waals surface area (Å²) >= 11 is 0. The number of aromatic amines is 1. The van der Waals surface area contributed by atoms with Gasteiger partial charge in [0.05, 0.1) is 12.1 Å². The quantitative estimate of drug-likeness (QED) is 0.777. The Morgan fingerprint density at radius 2 is 2.05 bits per heavy atom. The summed E-state index contributed by atoms with van der Waals surface area (Å²) in [5.74, 6) is -1.34. The standard InChI is InChI=1S/C13H13N3O3/c1-8-12(13(18)19)10(7-15-8)16-11(17)6-9-2-4-14-5-3-9/h2-5,7,15H,6H2,1H3,(H,16,17)(H,18,19). The maximum Gasteiger partial charge on any atom is 0.339 e. The van der Waals surface area contributed by atoms with E-state index in [1.807, 2.05) is 0 Å². The first-order valence-corrected chi connectivity index (χ1v) is 5.68. The number of carboxylic acid groups (broad SMARTS) is 1. The summed E-state index contributed by atoms with van der Waals surface area (Å²) in [6.07, 6.45) is 4.85. The highest BCUT2D eigenvalue weighted by Crippen LogP contribution is 2.19. The van der Waals surface area contributed by atoms with Crippen molar-refractivity contribution in [3.63, 3.8) is 0 Å². The zero-order chi connectivity index (χ0) is 13.8. The van der Waals surface area contributed by atoms with Crippen LogP contribution in [0.25, 0.3) is 0 Å². The van der Waals surface area contributed by atoms with Gasteiger partial charge in [-0.25, -0.2) is 4.79 Å². The van der Waals surface area contributed by atoms with Crippen molar-refractivity contribution in [2.24, 2.45) is 0 Å². The zero-order valence-electron chi connectivity index (χ0n) is 10.3. The summed E-state index contributed by atoms with van der Waals surface area (Å²) in [5, 5.41) is 11.6. The Bertz CT molecular complexity index is 605. The highest BCUT2D eigenvalue weighted by atomic mass is 16.4. The Hall–Kier alpha value is -2.63. The monoisotopic (exact) mass is 259 g/mol. The van der Waals surface area contributed by atoms with Crippen LogP contribution in [-0.2, 0) is 11.2 Å². The summed E-state index contributed by atoms with van der Waals surface area (Å²) in [5.41, 5.74) is 1.69. The molecular formula is C13H13N3O3. The number of pyridine rings is 1. The van der Waals surface area contributed by atoms with Gasteiger partial charge in [0.15, 0.2) is 0 Å². The Balaban J connectivity index is 2.10. The van der Waals surface area contributed by atoms with Crippen molar-refractivity contribution in [2.75, 3.05) is 5.32 Å². The van der Waals surface area contributed by atoms with Crippen molar-refractivity contribution in [2.45, 2.75) is 13.3 Å². The number of nitrogens with zero attached hydrogens (tertiary/aromatic N) is 1. The van der Waals surface area contributed by atoms with Gasteiger partial charge in [-0.3, -0.25) is 9.78 Å². The molecule has 0 spiro atoms. The molecule has 0 radical (unpaired) electrons. The third-order valence-electron chi connectivity index (χ3n) is 2.68. The van der Waals surface area contributed by atoms with Crippen molar-refractivity contribution in [1.29, 1.82) is 0 Å². The number of carbonyl (C=O) groups excluding carboxylic acids is 1. The smallest absolute Gasteiger partial charge is 0.339 e. The van der Waals surface area contributed by atoms with Gasteiger partial charge in [0.1, 0.15) is 5.56 Å². The minimum absolute atomic E-state index is 0.0862. The van der Waals surface area contributed by atoms with E-state index in [9.17, 15) is 9.59 Å². The maximum atomic E-state index is 11.8. The van der Waals surface area contributed by atoms with E-state index in [1.54, 1.807) is 31.5 Å². The number of nitrogens with one attached hydrogen (secondary N) is 2. The average Bonchev–Trinajstić information content (AvgIpc) is 2.71. The van der Waals surface area contributed by atoms with Crippen molar-refractivity contribution in [3.05, 3.63) is 47.5 Å². The Kier molecular flexibility index (Phi) is 3.61. The van der Waals surface area contributed by atoms with Crippen molar-refractivity contribution in [3.8, 4) is 0 Å². The Morgan fingerprint density at radius 1 is 1.37 bits per heavy atom. The van der Waals surface area contributed by atoms with E-state index in [1.165, 1.54) is 6.20 Å². The van der Waals surface area contributed by atoms with E-state index in [0.29, 0.717) is 5.69 Å². The average molecular weight is 259 g/mol. The molecule has 19 heavy (non-hydrogen) atoms. The molecule has 0 unspecified atom stereocenters. The SMILES string of the molecule is Cc1[nH]cc(NC(=O)Cc2ccncc2)c1C(=O)O. The predicted molar refractivity (Wildman–Crippen MR) is 69.1 cm³/mol. The Morgan fingerprint density at radius 3 is 2.68 bits per heavy atom. The number of hydrogen-bond donors (Lipinski definition) is 3. The number of anilines is 1. The number of hydrogen-bond acceptors (Lipinski definition) is 3. The van der Waals surface area contributed by atoms with Crippen LogP contribution in [0.4, 0.5) is 5.69 Å². The number of carbonyl (C=O) groups is 2. The van der Waals surface area contributed by atoms with Gasteiger partial charge < -0.3 is 15.4 Å². The summed E-state index contributed by atoms with van der Waals surface area (Å²) in [6, 6.07) is 3.47. The van der Waals surface area contributed by atoms with Crippen molar-refractivity contribution in [1.82, 2.24) is 9.97 Å². The molecule has 3 N–H and O–H groups in total. The third-order valence-corrected chi connectivity index (χ3v) is 2.68. The molecule has 0 saturated heterocycles. The van der Waals surface area contributed by atoms with Crippen LogP contribution in [0.5, 0.6) is 0 Å². The van der Waals surface area contributed by atoms with Crippen LogP contribution in [-0.4, -0.2) is 27.0 Å². The molecule has 98 valence electrons. The Labute approximate surface area is 109 Å². The summed E-state index contributed by atoms with van der Waals surface area (Å²) in [6.45, 7) is 1.64. The lowest BCUT2D eigenvalue weighted by Crippen LogP contribution is -2.16. The molecule has 1 amide bonds. The zero-order valence-corrected chi connectivity index (χ0v) is 10.3. The summed E-state index contributed by atoms with van der Waals surface area (Å²) < 4.78 is 0. The van der Waals surface area contributed by atoms with Crippen LogP contribution in [0.1, 0.15) is 21.6 Å². The number of amides is 1. The number of rotatable bonds is 4. The first-order valence-electron chi connectivity index (χ1n) is 5.68. The summed E-state index contributed by atoms with van der Waals surface area (Å²) in [4.78, 5) is 29.5. The molecule has 0 aliphatic rings. The molecule has 0 aliphatic carbocycles. The second-order valence-corrected chi connectivity index (χ2v) is 4.09. The van der Waals surface area contributed by atoms with Crippen LogP contribution in [0.3, 0.4) is 0 Å². The summed E-state index contributed by atoms with van der Waals surface area (Å²) in [7, 11) is 0. The number of aromatic nitrogens is 2. The molecule has 6 nitrogen and oxygen atoms in total. The van der Waals surface area contributed by atoms with Gasteiger partial charge in [-0.1, -0.05) is 0 Å². The van der Waals surface area contributed by atoms with E-state index in [0.717, 1.165) is 5.56 Å². The maximum absolute atomic E-state index is 11.8.